The summed E-state index contributed by atoms with van der Waals surface area (Å²) < 4.78 is 0. The highest BCUT2D eigenvalue weighted by Crippen LogP contribution is 2.22. The van der Waals surface area contributed by atoms with E-state index in [1.54, 1.807) is 6.07 Å². The highest BCUT2D eigenvalue weighted by atomic mass is 35.5. The molecule has 84 valence electrons. The lowest BCUT2D eigenvalue weighted by Gasteiger charge is -2.31. The minimum absolute atomic E-state index is 0.140. The summed E-state index contributed by atoms with van der Waals surface area (Å²) in [4.78, 5) is 10.2. The zero-order valence-corrected chi connectivity index (χ0v) is 9.91. The van der Waals surface area contributed by atoms with Crippen LogP contribution in [-0.4, -0.2) is 23.1 Å². The molecule has 0 spiro atoms. The van der Waals surface area contributed by atoms with Crippen molar-refractivity contribution >= 4 is 17.4 Å². The Morgan fingerprint density at radius 3 is 2.75 bits per heavy atom. The predicted molar refractivity (Wildman–Crippen MR) is 62.4 cm³/mol. The second-order valence-corrected chi connectivity index (χ2v) is 4.54. The topological polar surface area (TPSA) is 52.8 Å². The van der Waals surface area contributed by atoms with Crippen molar-refractivity contribution in [3.8, 4) is 6.07 Å². The summed E-state index contributed by atoms with van der Waals surface area (Å²) in [5.41, 5.74) is 0. The van der Waals surface area contributed by atoms with Crippen LogP contribution in [0.25, 0.3) is 0 Å². The molecular weight excluding hydrogens is 224 g/mol. The molecular formula is C11H13ClN4. The fourth-order valence-corrected chi connectivity index (χ4v) is 2.03. The van der Waals surface area contributed by atoms with Gasteiger partial charge < -0.3 is 4.90 Å². The van der Waals surface area contributed by atoms with Gasteiger partial charge in [-0.3, -0.25) is 0 Å². The third-order valence-corrected chi connectivity index (χ3v) is 3.08. The highest BCUT2D eigenvalue weighted by molar-refractivity contribution is 6.29. The third kappa shape index (κ3) is 2.42. The number of halogens is 1. The van der Waals surface area contributed by atoms with E-state index < -0.39 is 0 Å². The molecule has 0 radical (unpaired) electrons. The smallest absolute Gasteiger partial charge is 0.235 e. The van der Waals surface area contributed by atoms with Crippen LogP contribution in [0.15, 0.2) is 6.07 Å². The SMILES string of the molecule is CC1CCN(c2cc(Cl)nc(C#N)n2)CC1. The van der Waals surface area contributed by atoms with Gasteiger partial charge in [0.2, 0.25) is 5.82 Å². The lowest BCUT2D eigenvalue weighted by Crippen LogP contribution is -2.33. The van der Waals surface area contributed by atoms with Gasteiger partial charge in [-0.15, -0.1) is 0 Å². The van der Waals surface area contributed by atoms with E-state index in [-0.39, 0.29) is 5.82 Å². The first-order valence-corrected chi connectivity index (χ1v) is 5.76. The van der Waals surface area contributed by atoms with Crippen LogP contribution in [0, 0.1) is 17.2 Å². The standard InChI is InChI=1S/C11H13ClN4/c1-8-2-4-16(5-3-8)11-6-9(12)14-10(7-13)15-11/h6,8H,2-5H2,1H3. The third-order valence-electron chi connectivity index (χ3n) is 2.89. The van der Waals surface area contributed by atoms with Crippen molar-refractivity contribution < 1.29 is 0 Å². The maximum atomic E-state index is 8.77. The number of aromatic nitrogens is 2. The predicted octanol–water partition coefficient (Wildman–Crippen LogP) is 2.24. The van der Waals surface area contributed by atoms with E-state index in [4.69, 9.17) is 16.9 Å². The molecule has 5 heteroatoms. The van der Waals surface area contributed by atoms with Crippen LogP contribution in [0.1, 0.15) is 25.6 Å². The minimum atomic E-state index is 0.140. The van der Waals surface area contributed by atoms with Gasteiger partial charge in [-0.1, -0.05) is 18.5 Å². The van der Waals surface area contributed by atoms with E-state index in [2.05, 4.69) is 21.8 Å². The number of nitrogens with zero attached hydrogens (tertiary/aromatic N) is 4. The molecule has 0 unspecified atom stereocenters. The van der Waals surface area contributed by atoms with Crippen LogP contribution < -0.4 is 4.90 Å². The lowest BCUT2D eigenvalue weighted by atomic mass is 9.99. The highest BCUT2D eigenvalue weighted by Gasteiger charge is 2.18. The van der Waals surface area contributed by atoms with Crippen molar-refractivity contribution in [3.63, 3.8) is 0 Å². The number of piperidine rings is 1. The Morgan fingerprint density at radius 1 is 1.44 bits per heavy atom. The Hall–Kier alpha value is -1.34. The van der Waals surface area contributed by atoms with Gasteiger partial charge in [-0.2, -0.15) is 5.26 Å². The molecule has 1 fully saturated rings. The largest absolute Gasteiger partial charge is 0.356 e. The number of rotatable bonds is 1. The Labute approximate surface area is 99.9 Å². The average molecular weight is 237 g/mol. The summed E-state index contributed by atoms with van der Waals surface area (Å²) in [6.07, 6.45) is 2.31. The summed E-state index contributed by atoms with van der Waals surface area (Å²) >= 11 is 5.85. The number of nitriles is 1. The average Bonchev–Trinajstić information content (AvgIpc) is 2.29. The van der Waals surface area contributed by atoms with E-state index >= 15 is 0 Å². The maximum Gasteiger partial charge on any atom is 0.235 e. The van der Waals surface area contributed by atoms with Crippen molar-refractivity contribution in [2.24, 2.45) is 5.92 Å². The first-order chi connectivity index (χ1) is 7.69. The fraction of sp³-hybridized carbons (Fsp3) is 0.545. The van der Waals surface area contributed by atoms with Crippen molar-refractivity contribution in [3.05, 3.63) is 17.0 Å². The minimum Gasteiger partial charge on any atom is -0.356 e. The van der Waals surface area contributed by atoms with Crippen LogP contribution in [0.2, 0.25) is 5.15 Å². The molecule has 1 aliphatic heterocycles. The summed E-state index contributed by atoms with van der Waals surface area (Å²) in [5.74, 6) is 1.67. The second kappa shape index (κ2) is 4.67. The van der Waals surface area contributed by atoms with Crippen molar-refractivity contribution in [2.45, 2.75) is 19.8 Å². The molecule has 0 aliphatic carbocycles. The van der Waals surface area contributed by atoms with E-state index in [0.29, 0.717) is 5.15 Å². The Morgan fingerprint density at radius 2 is 2.12 bits per heavy atom. The summed E-state index contributed by atoms with van der Waals surface area (Å²) in [6, 6.07) is 3.64. The molecule has 4 nitrogen and oxygen atoms in total. The molecule has 1 aliphatic rings. The maximum absolute atomic E-state index is 8.77. The van der Waals surface area contributed by atoms with E-state index in [0.717, 1.165) is 37.7 Å². The van der Waals surface area contributed by atoms with Gasteiger partial charge in [-0.05, 0) is 18.8 Å². The molecule has 0 amide bonds. The van der Waals surface area contributed by atoms with E-state index in [1.807, 2.05) is 6.07 Å². The zero-order chi connectivity index (χ0) is 11.5. The van der Waals surface area contributed by atoms with Gasteiger partial charge in [0.1, 0.15) is 17.0 Å². The summed E-state index contributed by atoms with van der Waals surface area (Å²) in [6.45, 7) is 4.20. The fourth-order valence-electron chi connectivity index (χ4n) is 1.86. The number of anilines is 1. The normalized spacial score (nSPS) is 17.2. The summed E-state index contributed by atoms with van der Waals surface area (Å²) in [7, 11) is 0. The first-order valence-electron chi connectivity index (χ1n) is 5.38. The second-order valence-electron chi connectivity index (χ2n) is 4.15. The van der Waals surface area contributed by atoms with Crippen LogP contribution in [-0.2, 0) is 0 Å². The van der Waals surface area contributed by atoms with E-state index in [9.17, 15) is 0 Å². The molecule has 1 aromatic rings. The Bertz CT molecular complexity index is 418. The van der Waals surface area contributed by atoms with E-state index in [1.165, 1.54) is 0 Å². The lowest BCUT2D eigenvalue weighted by molar-refractivity contribution is 0.436. The monoisotopic (exact) mass is 236 g/mol. The van der Waals surface area contributed by atoms with Gasteiger partial charge >= 0.3 is 0 Å². The van der Waals surface area contributed by atoms with Gasteiger partial charge in [0.15, 0.2) is 0 Å². The summed E-state index contributed by atoms with van der Waals surface area (Å²) in [5, 5.41) is 9.11. The van der Waals surface area contributed by atoms with Gasteiger partial charge in [-0.25, -0.2) is 9.97 Å². The molecule has 2 heterocycles. The van der Waals surface area contributed by atoms with Crippen molar-refractivity contribution in [1.82, 2.24) is 9.97 Å². The van der Waals surface area contributed by atoms with Gasteiger partial charge in [0.05, 0.1) is 0 Å². The van der Waals surface area contributed by atoms with Crippen LogP contribution in [0.3, 0.4) is 0 Å². The van der Waals surface area contributed by atoms with Crippen LogP contribution in [0.5, 0.6) is 0 Å². The molecule has 2 rings (SSSR count). The Balaban J connectivity index is 2.20. The molecule has 1 saturated heterocycles. The molecule has 0 N–H and O–H groups in total. The molecule has 16 heavy (non-hydrogen) atoms. The molecule has 0 atom stereocenters. The Kier molecular flexibility index (Phi) is 3.25. The molecule has 1 aromatic heterocycles. The van der Waals surface area contributed by atoms with Gasteiger partial charge in [0.25, 0.3) is 0 Å². The van der Waals surface area contributed by atoms with Crippen LogP contribution in [0.4, 0.5) is 5.82 Å². The number of hydrogen-bond donors (Lipinski definition) is 0. The number of hydrogen-bond acceptors (Lipinski definition) is 4. The first kappa shape index (κ1) is 11.2. The van der Waals surface area contributed by atoms with Gasteiger partial charge in [0, 0.05) is 19.2 Å². The molecule has 0 saturated carbocycles. The molecule has 0 bridgehead atoms. The quantitative estimate of drug-likeness (QED) is 0.702. The zero-order valence-electron chi connectivity index (χ0n) is 9.15. The van der Waals surface area contributed by atoms with Crippen molar-refractivity contribution in [1.29, 1.82) is 5.26 Å². The molecule has 0 aromatic carbocycles. The van der Waals surface area contributed by atoms with Crippen molar-refractivity contribution in [2.75, 3.05) is 18.0 Å². The van der Waals surface area contributed by atoms with Crippen LogP contribution >= 0.6 is 11.6 Å².